The van der Waals surface area contributed by atoms with E-state index in [4.69, 9.17) is 5.73 Å². The molecular formula is C16H24N2. The molecule has 0 saturated heterocycles. The van der Waals surface area contributed by atoms with Crippen LogP contribution in [0.4, 0.5) is 11.4 Å². The summed E-state index contributed by atoms with van der Waals surface area (Å²) in [6.45, 7) is 4.44. The number of rotatable bonds is 3. The van der Waals surface area contributed by atoms with Gasteiger partial charge in [0.25, 0.3) is 0 Å². The molecule has 0 radical (unpaired) electrons. The molecule has 2 bridgehead atoms. The van der Waals surface area contributed by atoms with Crippen LogP contribution in [0, 0.1) is 24.7 Å². The quantitative estimate of drug-likeness (QED) is 0.793. The number of nitrogen functional groups attached to an aromatic ring is 1. The van der Waals surface area contributed by atoms with Crippen LogP contribution in [-0.2, 0) is 0 Å². The summed E-state index contributed by atoms with van der Waals surface area (Å²) in [5, 5.41) is 3.65. The predicted molar refractivity (Wildman–Crippen MR) is 77.6 cm³/mol. The second-order valence-electron chi connectivity index (χ2n) is 6.36. The average Bonchev–Trinajstić information content (AvgIpc) is 2.96. The minimum atomic E-state index is 0.546. The smallest absolute Gasteiger partial charge is 0.0578 e. The minimum Gasteiger partial charge on any atom is -0.397 e. The van der Waals surface area contributed by atoms with Crippen LogP contribution in [0.2, 0.25) is 0 Å². The zero-order valence-corrected chi connectivity index (χ0v) is 11.4. The number of nitrogens with two attached hydrogens (primary N) is 1. The molecule has 2 saturated carbocycles. The maximum Gasteiger partial charge on any atom is 0.0578 e. The summed E-state index contributed by atoms with van der Waals surface area (Å²) in [5.74, 6) is 2.83. The third-order valence-corrected chi connectivity index (χ3v) is 5.03. The van der Waals surface area contributed by atoms with E-state index in [1.807, 2.05) is 6.07 Å². The maximum absolute atomic E-state index is 6.05. The molecule has 0 amide bonds. The highest BCUT2D eigenvalue weighted by molar-refractivity contribution is 5.67. The van der Waals surface area contributed by atoms with Crippen molar-refractivity contribution >= 4 is 11.4 Å². The molecule has 0 heterocycles. The summed E-state index contributed by atoms with van der Waals surface area (Å²) >= 11 is 0. The van der Waals surface area contributed by atoms with Crippen molar-refractivity contribution in [2.24, 2.45) is 17.8 Å². The van der Waals surface area contributed by atoms with E-state index in [9.17, 15) is 0 Å². The van der Waals surface area contributed by atoms with Crippen LogP contribution in [0.25, 0.3) is 0 Å². The lowest BCUT2D eigenvalue weighted by Crippen LogP contribution is -2.30. The zero-order valence-electron chi connectivity index (χ0n) is 11.4. The SMILES string of the molecule is Cc1ccc(N)c(NC(C)C2CC3CCC2C3)c1. The normalized spacial score (nSPS) is 31.6. The highest BCUT2D eigenvalue weighted by Crippen LogP contribution is 2.49. The maximum atomic E-state index is 6.05. The van der Waals surface area contributed by atoms with Gasteiger partial charge in [-0.3, -0.25) is 0 Å². The molecule has 1 aromatic rings. The highest BCUT2D eigenvalue weighted by Gasteiger charge is 2.41. The van der Waals surface area contributed by atoms with Crippen molar-refractivity contribution in [1.29, 1.82) is 0 Å². The van der Waals surface area contributed by atoms with E-state index >= 15 is 0 Å². The van der Waals surface area contributed by atoms with Gasteiger partial charge in [0, 0.05) is 6.04 Å². The van der Waals surface area contributed by atoms with Gasteiger partial charge in [-0.15, -0.1) is 0 Å². The molecule has 2 heteroatoms. The fourth-order valence-corrected chi connectivity index (χ4v) is 4.05. The lowest BCUT2D eigenvalue weighted by Gasteiger charge is -2.29. The minimum absolute atomic E-state index is 0.546. The number of hydrogen-bond acceptors (Lipinski definition) is 2. The van der Waals surface area contributed by atoms with E-state index < -0.39 is 0 Å². The van der Waals surface area contributed by atoms with Crippen LogP contribution in [-0.4, -0.2) is 6.04 Å². The molecule has 1 aromatic carbocycles. The van der Waals surface area contributed by atoms with E-state index in [0.717, 1.165) is 29.1 Å². The molecule has 2 aliphatic carbocycles. The molecule has 0 aliphatic heterocycles. The number of anilines is 2. The second-order valence-corrected chi connectivity index (χ2v) is 6.36. The van der Waals surface area contributed by atoms with Gasteiger partial charge in [0.2, 0.25) is 0 Å². The van der Waals surface area contributed by atoms with Gasteiger partial charge < -0.3 is 11.1 Å². The van der Waals surface area contributed by atoms with Crippen molar-refractivity contribution in [3.8, 4) is 0 Å². The second kappa shape index (κ2) is 4.49. The summed E-state index contributed by atoms with van der Waals surface area (Å²) in [4.78, 5) is 0. The van der Waals surface area contributed by atoms with Crippen LogP contribution in [0.15, 0.2) is 18.2 Å². The molecule has 3 rings (SSSR count). The van der Waals surface area contributed by atoms with Crippen LogP contribution in [0.5, 0.6) is 0 Å². The third-order valence-electron chi connectivity index (χ3n) is 5.03. The van der Waals surface area contributed by atoms with Gasteiger partial charge in [0.15, 0.2) is 0 Å². The van der Waals surface area contributed by atoms with E-state index in [1.165, 1.54) is 31.2 Å². The molecule has 0 spiro atoms. The van der Waals surface area contributed by atoms with E-state index in [2.05, 4.69) is 31.3 Å². The van der Waals surface area contributed by atoms with Crippen molar-refractivity contribution < 1.29 is 0 Å². The number of nitrogens with one attached hydrogen (secondary N) is 1. The Kier molecular flexibility index (Phi) is 2.96. The first-order valence-corrected chi connectivity index (χ1v) is 7.26. The Balaban J connectivity index is 1.70. The number of hydrogen-bond donors (Lipinski definition) is 2. The standard InChI is InChI=1S/C16H24N2/c1-10-3-6-15(17)16(7-10)18-11(2)14-9-12-4-5-13(14)8-12/h3,6-7,11-14,18H,4-5,8-9,17H2,1-2H3. The van der Waals surface area contributed by atoms with Gasteiger partial charge in [-0.2, -0.15) is 0 Å². The van der Waals surface area contributed by atoms with Crippen molar-refractivity contribution in [1.82, 2.24) is 0 Å². The molecule has 4 unspecified atom stereocenters. The fourth-order valence-electron chi connectivity index (χ4n) is 4.05. The number of fused-ring (bicyclic) bond motifs is 2. The molecule has 2 fully saturated rings. The predicted octanol–water partition coefficient (Wildman–Crippen LogP) is 3.81. The van der Waals surface area contributed by atoms with Gasteiger partial charge in [-0.25, -0.2) is 0 Å². The van der Waals surface area contributed by atoms with Crippen LogP contribution >= 0.6 is 0 Å². The highest BCUT2D eigenvalue weighted by atomic mass is 14.9. The average molecular weight is 244 g/mol. The van der Waals surface area contributed by atoms with E-state index in [1.54, 1.807) is 0 Å². The lowest BCUT2D eigenvalue weighted by atomic mass is 9.84. The largest absolute Gasteiger partial charge is 0.397 e. The van der Waals surface area contributed by atoms with Crippen LogP contribution in [0.1, 0.15) is 38.2 Å². The van der Waals surface area contributed by atoms with Crippen molar-refractivity contribution in [3.05, 3.63) is 23.8 Å². The Hall–Kier alpha value is -1.18. The third kappa shape index (κ3) is 2.09. The van der Waals surface area contributed by atoms with Gasteiger partial charge in [0.05, 0.1) is 11.4 Å². The Morgan fingerprint density at radius 1 is 1.28 bits per heavy atom. The van der Waals surface area contributed by atoms with Crippen molar-refractivity contribution in [2.75, 3.05) is 11.1 Å². The first kappa shape index (κ1) is 11.9. The summed E-state index contributed by atoms with van der Waals surface area (Å²) in [7, 11) is 0. The summed E-state index contributed by atoms with van der Waals surface area (Å²) in [6, 6.07) is 6.79. The Bertz CT molecular complexity index is 441. The van der Waals surface area contributed by atoms with E-state index in [-0.39, 0.29) is 0 Å². The zero-order chi connectivity index (χ0) is 12.7. The number of benzene rings is 1. The van der Waals surface area contributed by atoms with E-state index in [0.29, 0.717) is 6.04 Å². The van der Waals surface area contributed by atoms with Crippen molar-refractivity contribution in [3.63, 3.8) is 0 Å². The summed E-state index contributed by atoms with van der Waals surface area (Å²) in [5.41, 5.74) is 9.31. The monoisotopic (exact) mass is 244 g/mol. The van der Waals surface area contributed by atoms with Crippen LogP contribution in [0.3, 0.4) is 0 Å². The van der Waals surface area contributed by atoms with Gasteiger partial charge >= 0.3 is 0 Å². The number of aryl methyl sites for hydroxylation is 1. The van der Waals surface area contributed by atoms with Crippen LogP contribution < -0.4 is 11.1 Å². The Morgan fingerprint density at radius 3 is 2.78 bits per heavy atom. The molecule has 98 valence electrons. The van der Waals surface area contributed by atoms with Gasteiger partial charge in [0.1, 0.15) is 0 Å². The Morgan fingerprint density at radius 2 is 2.11 bits per heavy atom. The topological polar surface area (TPSA) is 38.0 Å². The Labute approximate surface area is 110 Å². The molecule has 2 nitrogen and oxygen atoms in total. The molecule has 3 N–H and O–H groups in total. The molecular weight excluding hydrogens is 220 g/mol. The fraction of sp³-hybridized carbons (Fsp3) is 0.625. The molecule has 18 heavy (non-hydrogen) atoms. The summed E-state index contributed by atoms with van der Waals surface area (Å²) in [6.07, 6.45) is 5.82. The lowest BCUT2D eigenvalue weighted by molar-refractivity contribution is 0.304. The molecule has 0 aromatic heterocycles. The summed E-state index contributed by atoms with van der Waals surface area (Å²) < 4.78 is 0. The van der Waals surface area contributed by atoms with Gasteiger partial charge in [-0.05, 0) is 68.6 Å². The first-order valence-electron chi connectivity index (χ1n) is 7.26. The molecule has 2 aliphatic rings. The first-order chi connectivity index (χ1) is 8.63. The van der Waals surface area contributed by atoms with Crippen molar-refractivity contribution in [2.45, 2.75) is 45.6 Å². The molecule has 4 atom stereocenters. The van der Waals surface area contributed by atoms with Gasteiger partial charge in [-0.1, -0.05) is 12.5 Å².